The third-order valence-corrected chi connectivity index (χ3v) is 2.50. The van der Waals surface area contributed by atoms with E-state index in [1.165, 1.54) is 7.11 Å². The summed E-state index contributed by atoms with van der Waals surface area (Å²) in [6.45, 7) is 4.08. The van der Waals surface area contributed by atoms with E-state index in [1.807, 2.05) is 13.8 Å². The summed E-state index contributed by atoms with van der Waals surface area (Å²) in [5.74, 6) is -0.419. The Morgan fingerprint density at radius 2 is 2.22 bits per heavy atom. The van der Waals surface area contributed by atoms with Crippen LogP contribution in [-0.2, 0) is 4.74 Å². The van der Waals surface area contributed by atoms with Gasteiger partial charge in [0, 0.05) is 6.54 Å². The van der Waals surface area contributed by atoms with E-state index in [0.717, 1.165) is 0 Å². The lowest BCUT2D eigenvalue weighted by atomic mass is 9.96. The quantitative estimate of drug-likeness (QED) is 0.627. The van der Waals surface area contributed by atoms with Crippen LogP contribution < -0.4 is 11.1 Å². The summed E-state index contributed by atoms with van der Waals surface area (Å²) < 4.78 is 4.64. The molecule has 3 N–H and O–H groups in total. The van der Waals surface area contributed by atoms with Gasteiger partial charge in [0.2, 0.25) is 0 Å². The number of nitrogen functional groups attached to an aromatic ring is 1. The molecule has 0 aliphatic heterocycles. The summed E-state index contributed by atoms with van der Waals surface area (Å²) >= 11 is 0. The molecule has 5 nitrogen and oxygen atoms in total. The van der Waals surface area contributed by atoms with Gasteiger partial charge in [-0.25, -0.2) is 4.79 Å². The van der Waals surface area contributed by atoms with Crippen LogP contribution in [0, 0.1) is 16.7 Å². The summed E-state index contributed by atoms with van der Waals surface area (Å²) in [6, 6.07) is 7.04. The van der Waals surface area contributed by atoms with Gasteiger partial charge in [-0.15, -0.1) is 0 Å². The van der Waals surface area contributed by atoms with E-state index in [0.29, 0.717) is 23.5 Å². The van der Waals surface area contributed by atoms with Crippen LogP contribution in [0.25, 0.3) is 0 Å². The molecule has 0 aliphatic carbocycles. The molecule has 0 unspecified atom stereocenters. The predicted octanol–water partition coefficient (Wildman–Crippen LogP) is 2.02. The minimum absolute atomic E-state index is 0.419. The van der Waals surface area contributed by atoms with E-state index in [4.69, 9.17) is 11.0 Å². The van der Waals surface area contributed by atoms with Crippen molar-refractivity contribution in [3.05, 3.63) is 23.8 Å². The minimum atomic E-state index is -0.506. The Hall–Kier alpha value is -2.22. The Labute approximate surface area is 107 Å². The van der Waals surface area contributed by atoms with Crippen LogP contribution in [0.5, 0.6) is 0 Å². The molecule has 0 aliphatic rings. The van der Waals surface area contributed by atoms with E-state index in [-0.39, 0.29) is 0 Å². The molecule has 0 heterocycles. The van der Waals surface area contributed by atoms with Gasteiger partial charge in [-0.3, -0.25) is 0 Å². The van der Waals surface area contributed by atoms with Crippen molar-refractivity contribution in [1.29, 1.82) is 5.26 Å². The van der Waals surface area contributed by atoms with Gasteiger partial charge in [0.1, 0.15) is 0 Å². The molecule has 5 heteroatoms. The van der Waals surface area contributed by atoms with Crippen LogP contribution in [-0.4, -0.2) is 19.6 Å². The summed E-state index contributed by atoms with van der Waals surface area (Å²) in [5, 5.41) is 12.0. The van der Waals surface area contributed by atoms with E-state index < -0.39 is 11.4 Å². The Kier molecular flexibility index (Phi) is 4.16. The van der Waals surface area contributed by atoms with Crippen molar-refractivity contribution < 1.29 is 9.53 Å². The second-order valence-electron chi connectivity index (χ2n) is 4.64. The zero-order valence-electron chi connectivity index (χ0n) is 10.8. The van der Waals surface area contributed by atoms with Gasteiger partial charge in [0.25, 0.3) is 0 Å². The number of esters is 1. The average Bonchev–Trinajstić information content (AvgIpc) is 2.37. The highest BCUT2D eigenvalue weighted by Crippen LogP contribution is 2.23. The van der Waals surface area contributed by atoms with Crippen molar-refractivity contribution in [2.75, 3.05) is 24.7 Å². The first-order valence-corrected chi connectivity index (χ1v) is 5.52. The standard InChI is InChI=1S/C13H17N3O2/c1-13(2,7-14)8-16-11-6-9(12(17)18-3)4-5-10(11)15/h4-6,16H,8,15H2,1-3H3. The number of carbonyl (C=O) groups excluding carboxylic acids is 1. The number of hydrogen-bond donors (Lipinski definition) is 2. The van der Waals surface area contributed by atoms with Crippen molar-refractivity contribution in [3.63, 3.8) is 0 Å². The first-order chi connectivity index (χ1) is 8.39. The molecule has 0 saturated heterocycles. The molecule has 96 valence electrons. The number of carbonyl (C=O) groups is 1. The van der Waals surface area contributed by atoms with E-state index in [1.54, 1.807) is 18.2 Å². The third-order valence-electron chi connectivity index (χ3n) is 2.50. The number of nitrogens with zero attached hydrogens (tertiary/aromatic N) is 1. The fraction of sp³-hybridized carbons (Fsp3) is 0.385. The molecule has 0 fully saturated rings. The van der Waals surface area contributed by atoms with Crippen LogP contribution in [0.2, 0.25) is 0 Å². The normalized spacial score (nSPS) is 10.6. The number of nitriles is 1. The molecule has 18 heavy (non-hydrogen) atoms. The maximum atomic E-state index is 11.4. The zero-order chi connectivity index (χ0) is 13.8. The number of benzene rings is 1. The number of anilines is 2. The lowest BCUT2D eigenvalue weighted by Gasteiger charge is -2.18. The smallest absolute Gasteiger partial charge is 0.337 e. The number of nitrogens with one attached hydrogen (secondary N) is 1. The molecule has 1 aromatic rings. The van der Waals surface area contributed by atoms with Crippen LogP contribution in [0.4, 0.5) is 11.4 Å². The second-order valence-corrected chi connectivity index (χ2v) is 4.64. The minimum Gasteiger partial charge on any atom is -0.465 e. The van der Waals surface area contributed by atoms with Gasteiger partial charge in [0.15, 0.2) is 0 Å². The Morgan fingerprint density at radius 3 is 2.78 bits per heavy atom. The third kappa shape index (κ3) is 3.39. The van der Waals surface area contributed by atoms with Gasteiger partial charge in [0.05, 0.1) is 35.5 Å². The molecule has 1 rings (SSSR count). The molecule has 0 spiro atoms. The summed E-state index contributed by atoms with van der Waals surface area (Å²) in [6.07, 6.45) is 0. The summed E-state index contributed by atoms with van der Waals surface area (Å²) in [7, 11) is 1.32. The van der Waals surface area contributed by atoms with Crippen molar-refractivity contribution in [2.24, 2.45) is 5.41 Å². The molecule has 1 aromatic carbocycles. The second kappa shape index (κ2) is 5.41. The molecule has 0 aromatic heterocycles. The van der Waals surface area contributed by atoms with Gasteiger partial charge < -0.3 is 15.8 Å². The molecule has 0 saturated carbocycles. The highest BCUT2D eigenvalue weighted by atomic mass is 16.5. The average molecular weight is 247 g/mol. The zero-order valence-corrected chi connectivity index (χ0v) is 10.8. The maximum Gasteiger partial charge on any atom is 0.337 e. The van der Waals surface area contributed by atoms with Gasteiger partial charge in [-0.05, 0) is 32.0 Å². The van der Waals surface area contributed by atoms with Gasteiger partial charge in [-0.1, -0.05) is 0 Å². The Balaban J connectivity index is 2.89. The van der Waals surface area contributed by atoms with Crippen LogP contribution in [0.1, 0.15) is 24.2 Å². The SMILES string of the molecule is COC(=O)c1ccc(N)c(NCC(C)(C)C#N)c1. The van der Waals surface area contributed by atoms with Crippen LogP contribution in [0.3, 0.4) is 0 Å². The number of hydrogen-bond acceptors (Lipinski definition) is 5. The number of ether oxygens (including phenoxy) is 1. The summed E-state index contributed by atoms with van der Waals surface area (Å²) in [4.78, 5) is 11.4. The first kappa shape index (κ1) is 13.8. The largest absolute Gasteiger partial charge is 0.465 e. The van der Waals surface area contributed by atoms with E-state index >= 15 is 0 Å². The van der Waals surface area contributed by atoms with E-state index in [9.17, 15) is 4.79 Å². The topological polar surface area (TPSA) is 88.1 Å². The Bertz CT molecular complexity index is 489. The summed E-state index contributed by atoms with van der Waals surface area (Å²) in [5.41, 5.74) is 6.87. The Morgan fingerprint density at radius 1 is 1.56 bits per heavy atom. The molecule has 0 amide bonds. The highest BCUT2D eigenvalue weighted by Gasteiger charge is 2.17. The lowest BCUT2D eigenvalue weighted by Crippen LogP contribution is -2.21. The van der Waals surface area contributed by atoms with Crippen molar-refractivity contribution >= 4 is 17.3 Å². The molecule has 0 atom stereocenters. The maximum absolute atomic E-state index is 11.4. The van der Waals surface area contributed by atoms with Crippen LogP contribution >= 0.6 is 0 Å². The van der Waals surface area contributed by atoms with Crippen LogP contribution in [0.15, 0.2) is 18.2 Å². The number of nitrogens with two attached hydrogens (primary N) is 1. The fourth-order valence-corrected chi connectivity index (χ4v) is 1.31. The first-order valence-electron chi connectivity index (χ1n) is 5.52. The predicted molar refractivity (Wildman–Crippen MR) is 70.1 cm³/mol. The molecular formula is C13H17N3O2. The number of methoxy groups -OCH3 is 1. The molecular weight excluding hydrogens is 230 g/mol. The monoisotopic (exact) mass is 247 g/mol. The van der Waals surface area contributed by atoms with Crippen molar-refractivity contribution in [3.8, 4) is 6.07 Å². The lowest BCUT2D eigenvalue weighted by molar-refractivity contribution is 0.0601. The van der Waals surface area contributed by atoms with E-state index in [2.05, 4.69) is 16.1 Å². The van der Waals surface area contributed by atoms with Crippen molar-refractivity contribution in [2.45, 2.75) is 13.8 Å². The highest BCUT2D eigenvalue weighted by molar-refractivity contribution is 5.91. The fourth-order valence-electron chi connectivity index (χ4n) is 1.31. The molecule has 0 radical (unpaired) electrons. The van der Waals surface area contributed by atoms with Crippen molar-refractivity contribution in [1.82, 2.24) is 0 Å². The number of rotatable bonds is 4. The molecule has 0 bridgehead atoms. The van der Waals surface area contributed by atoms with Gasteiger partial charge >= 0.3 is 5.97 Å². The van der Waals surface area contributed by atoms with Gasteiger partial charge in [-0.2, -0.15) is 5.26 Å².